The third kappa shape index (κ3) is 3.40. The van der Waals surface area contributed by atoms with Crippen molar-refractivity contribution in [2.75, 3.05) is 20.7 Å². The van der Waals surface area contributed by atoms with Crippen LogP contribution in [0.3, 0.4) is 0 Å². The lowest BCUT2D eigenvalue weighted by molar-refractivity contribution is 0.0622. The lowest BCUT2D eigenvalue weighted by Crippen LogP contribution is -2.38. The molecular weight excluding hydrogens is 206 g/mol. The first-order valence-corrected chi connectivity index (χ1v) is 5.21. The van der Waals surface area contributed by atoms with Crippen LogP contribution in [0.1, 0.15) is 12.5 Å². The highest BCUT2D eigenvalue weighted by Crippen LogP contribution is 2.27. The summed E-state index contributed by atoms with van der Waals surface area (Å²) in [4.78, 5) is 0. The van der Waals surface area contributed by atoms with Crippen LogP contribution in [0.5, 0.6) is 11.5 Å². The summed E-state index contributed by atoms with van der Waals surface area (Å²) in [7, 11) is 3.30. The number of aliphatic hydroxyl groups is 1. The second-order valence-electron chi connectivity index (χ2n) is 4.21. The SMILES string of the molecule is CNCC(C)(O)Cc1ccc(O)c(OC)c1. The average Bonchev–Trinajstić information content (AvgIpc) is 2.20. The number of hydrogen-bond donors (Lipinski definition) is 3. The van der Waals surface area contributed by atoms with Gasteiger partial charge in [-0.25, -0.2) is 0 Å². The average molecular weight is 225 g/mol. The van der Waals surface area contributed by atoms with Crippen molar-refractivity contribution in [3.05, 3.63) is 23.8 Å². The molecule has 0 spiro atoms. The molecule has 3 N–H and O–H groups in total. The highest BCUT2D eigenvalue weighted by molar-refractivity contribution is 5.42. The molecule has 0 aliphatic rings. The zero-order valence-electron chi connectivity index (χ0n) is 9.95. The van der Waals surface area contributed by atoms with Gasteiger partial charge in [-0.15, -0.1) is 0 Å². The first-order valence-electron chi connectivity index (χ1n) is 5.21. The van der Waals surface area contributed by atoms with E-state index in [1.807, 2.05) is 0 Å². The molecule has 0 aromatic heterocycles. The van der Waals surface area contributed by atoms with Gasteiger partial charge in [-0.05, 0) is 31.7 Å². The van der Waals surface area contributed by atoms with Crippen LogP contribution in [0.25, 0.3) is 0 Å². The van der Waals surface area contributed by atoms with Gasteiger partial charge in [-0.2, -0.15) is 0 Å². The van der Waals surface area contributed by atoms with Crippen LogP contribution in [-0.4, -0.2) is 36.5 Å². The van der Waals surface area contributed by atoms with E-state index in [0.29, 0.717) is 18.7 Å². The first-order chi connectivity index (χ1) is 7.48. The minimum absolute atomic E-state index is 0.111. The maximum absolute atomic E-state index is 10.0. The minimum atomic E-state index is -0.809. The number of nitrogens with one attached hydrogen (secondary N) is 1. The Morgan fingerprint density at radius 3 is 2.69 bits per heavy atom. The molecule has 90 valence electrons. The summed E-state index contributed by atoms with van der Waals surface area (Å²) in [5.41, 5.74) is 0.117. The van der Waals surface area contributed by atoms with E-state index in [2.05, 4.69) is 5.32 Å². The Bertz CT molecular complexity index is 350. The minimum Gasteiger partial charge on any atom is -0.504 e. The summed E-state index contributed by atoms with van der Waals surface area (Å²) in [6.07, 6.45) is 0.504. The van der Waals surface area contributed by atoms with Gasteiger partial charge in [0.25, 0.3) is 0 Å². The highest BCUT2D eigenvalue weighted by atomic mass is 16.5. The summed E-state index contributed by atoms with van der Waals surface area (Å²) in [6, 6.07) is 5.09. The van der Waals surface area contributed by atoms with Crippen LogP contribution in [0.15, 0.2) is 18.2 Å². The van der Waals surface area contributed by atoms with E-state index in [1.54, 1.807) is 32.2 Å². The molecule has 0 amide bonds. The molecule has 0 saturated carbocycles. The first kappa shape index (κ1) is 12.8. The molecule has 0 heterocycles. The van der Waals surface area contributed by atoms with Crippen LogP contribution in [-0.2, 0) is 6.42 Å². The number of phenols is 1. The summed E-state index contributed by atoms with van der Waals surface area (Å²) in [5, 5.41) is 22.4. The number of methoxy groups -OCH3 is 1. The summed E-state index contributed by atoms with van der Waals surface area (Å²) >= 11 is 0. The number of phenolic OH excluding ortho intramolecular Hbond substituents is 1. The second-order valence-corrected chi connectivity index (χ2v) is 4.21. The second kappa shape index (κ2) is 5.18. The maximum Gasteiger partial charge on any atom is 0.160 e. The highest BCUT2D eigenvalue weighted by Gasteiger charge is 2.20. The molecule has 0 bridgehead atoms. The molecule has 16 heavy (non-hydrogen) atoms. The van der Waals surface area contributed by atoms with E-state index >= 15 is 0 Å². The van der Waals surface area contributed by atoms with Crippen LogP contribution in [0.2, 0.25) is 0 Å². The standard InChI is InChI=1S/C12H19NO3/c1-12(15,8-13-2)7-9-4-5-10(14)11(6-9)16-3/h4-6,13-15H,7-8H2,1-3H3. The zero-order chi connectivity index (χ0) is 12.2. The van der Waals surface area contributed by atoms with Crippen LogP contribution in [0.4, 0.5) is 0 Å². The normalized spacial score (nSPS) is 14.5. The predicted molar refractivity (Wildman–Crippen MR) is 62.9 cm³/mol. The van der Waals surface area contributed by atoms with Gasteiger partial charge in [0.15, 0.2) is 11.5 Å². The van der Waals surface area contributed by atoms with E-state index in [9.17, 15) is 10.2 Å². The van der Waals surface area contributed by atoms with Crippen molar-refractivity contribution in [1.82, 2.24) is 5.32 Å². The van der Waals surface area contributed by atoms with E-state index < -0.39 is 5.60 Å². The van der Waals surface area contributed by atoms with Crippen molar-refractivity contribution in [2.45, 2.75) is 18.9 Å². The monoisotopic (exact) mass is 225 g/mol. The molecule has 4 nitrogen and oxygen atoms in total. The molecule has 1 unspecified atom stereocenters. The zero-order valence-corrected chi connectivity index (χ0v) is 9.95. The Balaban J connectivity index is 2.81. The van der Waals surface area contributed by atoms with Crippen molar-refractivity contribution >= 4 is 0 Å². The van der Waals surface area contributed by atoms with Gasteiger partial charge >= 0.3 is 0 Å². The Hall–Kier alpha value is -1.26. The van der Waals surface area contributed by atoms with Crippen LogP contribution in [0, 0.1) is 0 Å². The largest absolute Gasteiger partial charge is 0.504 e. The predicted octanol–water partition coefficient (Wildman–Crippen LogP) is 0.914. The summed E-state index contributed by atoms with van der Waals surface area (Å²) < 4.78 is 5.01. The fraction of sp³-hybridized carbons (Fsp3) is 0.500. The summed E-state index contributed by atoms with van der Waals surface area (Å²) in [6.45, 7) is 2.28. The Morgan fingerprint density at radius 2 is 2.12 bits per heavy atom. The Morgan fingerprint density at radius 1 is 1.44 bits per heavy atom. The number of hydrogen-bond acceptors (Lipinski definition) is 4. The van der Waals surface area contributed by atoms with Crippen molar-refractivity contribution in [1.29, 1.82) is 0 Å². The summed E-state index contributed by atoms with van der Waals surface area (Å²) in [5.74, 6) is 0.539. The van der Waals surface area contributed by atoms with Crippen LogP contribution < -0.4 is 10.1 Å². The van der Waals surface area contributed by atoms with Gasteiger partial charge in [0.05, 0.1) is 12.7 Å². The molecule has 4 heteroatoms. The number of ether oxygens (including phenoxy) is 1. The smallest absolute Gasteiger partial charge is 0.160 e. The van der Waals surface area contributed by atoms with Gasteiger partial charge in [0, 0.05) is 13.0 Å². The lowest BCUT2D eigenvalue weighted by atomic mass is 9.96. The number of rotatable bonds is 5. The van der Waals surface area contributed by atoms with Gasteiger partial charge in [-0.1, -0.05) is 6.07 Å². The Labute approximate surface area is 95.9 Å². The fourth-order valence-electron chi connectivity index (χ4n) is 1.72. The fourth-order valence-corrected chi connectivity index (χ4v) is 1.72. The topological polar surface area (TPSA) is 61.7 Å². The molecule has 0 aliphatic heterocycles. The third-order valence-electron chi connectivity index (χ3n) is 2.39. The van der Waals surface area contributed by atoms with Crippen molar-refractivity contribution < 1.29 is 14.9 Å². The molecule has 0 radical (unpaired) electrons. The Kier molecular flexibility index (Phi) is 4.15. The third-order valence-corrected chi connectivity index (χ3v) is 2.39. The van der Waals surface area contributed by atoms with Crippen molar-refractivity contribution in [3.8, 4) is 11.5 Å². The van der Waals surface area contributed by atoms with Crippen LogP contribution >= 0.6 is 0 Å². The van der Waals surface area contributed by atoms with Gasteiger partial charge < -0.3 is 20.3 Å². The lowest BCUT2D eigenvalue weighted by Gasteiger charge is -2.23. The molecular formula is C12H19NO3. The number of likely N-dealkylation sites (N-methyl/N-ethyl adjacent to an activating group) is 1. The number of aromatic hydroxyl groups is 1. The maximum atomic E-state index is 10.0. The van der Waals surface area contributed by atoms with E-state index in [4.69, 9.17) is 4.74 Å². The van der Waals surface area contributed by atoms with Crippen molar-refractivity contribution in [3.63, 3.8) is 0 Å². The van der Waals surface area contributed by atoms with Gasteiger partial charge in [0.1, 0.15) is 0 Å². The molecule has 1 atom stereocenters. The molecule has 0 aliphatic carbocycles. The van der Waals surface area contributed by atoms with E-state index in [1.165, 1.54) is 7.11 Å². The van der Waals surface area contributed by atoms with Crippen molar-refractivity contribution in [2.24, 2.45) is 0 Å². The van der Waals surface area contributed by atoms with E-state index in [-0.39, 0.29) is 5.75 Å². The molecule has 1 rings (SSSR count). The molecule has 0 fully saturated rings. The van der Waals surface area contributed by atoms with E-state index in [0.717, 1.165) is 5.56 Å². The molecule has 1 aromatic rings. The molecule has 1 aromatic carbocycles. The number of benzene rings is 1. The molecule has 0 saturated heterocycles. The van der Waals surface area contributed by atoms with Gasteiger partial charge in [-0.3, -0.25) is 0 Å². The van der Waals surface area contributed by atoms with Gasteiger partial charge in [0.2, 0.25) is 0 Å². The quantitative estimate of drug-likeness (QED) is 0.697.